The van der Waals surface area contributed by atoms with Crippen LogP contribution in [0.25, 0.3) is 6.08 Å². The molecule has 1 fully saturated rings. The second-order valence-corrected chi connectivity index (χ2v) is 6.36. The maximum atomic E-state index is 12.7. The van der Waals surface area contributed by atoms with Crippen molar-refractivity contribution in [3.8, 4) is 5.75 Å². The van der Waals surface area contributed by atoms with Crippen molar-refractivity contribution in [3.63, 3.8) is 0 Å². The average Bonchev–Trinajstić information content (AvgIpc) is 2.61. The molecule has 0 aromatic heterocycles. The van der Waals surface area contributed by atoms with E-state index >= 15 is 0 Å². The summed E-state index contributed by atoms with van der Waals surface area (Å²) < 4.78 is 0.736. The number of phenolic OH excluding ortho intramolecular Hbond substituents is 1. The molecule has 0 radical (unpaired) electrons. The van der Waals surface area contributed by atoms with Crippen molar-refractivity contribution in [1.82, 2.24) is 5.32 Å². The Morgan fingerprint density at radius 2 is 1.78 bits per heavy atom. The SMILES string of the molecule is O=C1NC(=O)N(c2ccc(Br)cc2)C(=O)/C1=C/c1ccc(O)c([N+](=O)[O-])c1. The lowest BCUT2D eigenvalue weighted by Gasteiger charge is -2.26. The molecule has 0 unspecified atom stereocenters. The molecule has 2 N–H and O–H groups in total. The number of benzene rings is 2. The number of halogens is 1. The van der Waals surface area contributed by atoms with Gasteiger partial charge in [-0.15, -0.1) is 0 Å². The summed E-state index contributed by atoms with van der Waals surface area (Å²) in [5.74, 6) is -2.34. The number of phenols is 1. The number of carbonyl (C=O) groups excluding carboxylic acids is 3. The van der Waals surface area contributed by atoms with Crippen LogP contribution in [0.3, 0.4) is 0 Å². The highest BCUT2D eigenvalue weighted by atomic mass is 79.9. The molecule has 3 rings (SSSR count). The Morgan fingerprint density at radius 3 is 2.41 bits per heavy atom. The molecular formula is C17H10BrN3O6. The molecule has 1 aliphatic rings. The largest absolute Gasteiger partial charge is 0.502 e. The highest BCUT2D eigenvalue weighted by molar-refractivity contribution is 9.10. The smallest absolute Gasteiger partial charge is 0.335 e. The van der Waals surface area contributed by atoms with Crippen LogP contribution < -0.4 is 10.2 Å². The molecule has 2 aromatic carbocycles. The number of nitrogens with one attached hydrogen (secondary N) is 1. The number of carbonyl (C=O) groups is 3. The third kappa shape index (κ3) is 3.55. The van der Waals surface area contributed by atoms with Gasteiger partial charge in [0.05, 0.1) is 10.6 Å². The summed E-state index contributed by atoms with van der Waals surface area (Å²) in [6.45, 7) is 0. The van der Waals surface area contributed by atoms with Crippen molar-refractivity contribution < 1.29 is 24.4 Å². The number of hydrogen-bond acceptors (Lipinski definition) is 6. The molecule has 0 saturated carbocycles. The molecule has 1 heterocycles. The zero-order valence-corrected chi connectivity index (χ0v) is 15.0. The van der Waals surface area contributed by atoms with E-state index in [0.29, 0.717) is 0 Å². The monoisotopic (exact) mass is 431 g/mol. The maximum absolute atomic E-state index is 12.7. The zero-order valence-electron chi connectivity index (χ0n) is 13.4. The molecule has 0 bridgehead atoms. The number of aromatic hydroxyl groups is 1. The lowest BCUT2D eigenvalue weighted by atomic mass is 10.1. The van der Waals surface area contributed by atoms with Gasteiger partial charge >= 0.3 is 11.7 Å². The summed E-state index contributed by atoms with van der Waals surface area (Å²) in [5.41, 5.74) is -0.565. The van der Waals surface area contributed by atoms with Crippen molar-refractivity contribution in [2.75, 3.05) is 4.90 Å². The molecular weight excluding hydrogens is 422 g/mol. The number of amides is 4. The van der Waals surface area contributed by atoms with Gasteiger partial charge in [-0.05, 0) is 42.0 Å². The highest BCUT2D eigenvalue weighted by Gasteiger charge is 2.36. The fourth-order valence-electron chi connectivity index (χ4n) is 2.43. The lowest BCUT2D eigenvalue weighted by Crippen LogP contribution is -2.54. The molecule has 4 amide bonds. The Bertz CT molecular complexity index is 1020. The number of rotatable bonds is 3. The number of nitro groups is 1. The van der Waals surface area contributed by atoms with Gasteiger partial charge in [0.15, 0.2) is 5.75 Å². The second kappa shape index (κ2) is 7.00. The molecule has 0 aliphatic carbocycles. The number of imide groups is 2. The number of barbiturate groups is 1. The van der Waals surface area contributed by atoms with Crippen LogP contribution in [0.5, 0.6) is 5.75 Å². The highest BCUT2D eigenvalue weighted by Crippen LogP contribution is 2.28. The predicted molar refractivity (Wildman–Crippen MR) is 97.9 cm³/mol. The molecule has 2 aromatic rings. The second-order valence-electron chi connectivity index (χ2n) is 5.44. The molecule has 1 saturated heterocycles. The number of hydrogen-bond donors (Lipinski definition) is 2. The van der Waals surface area contributed by atoms with Crippen molar-refractivity contribution in [1.29, 1.82) is 0 Å². The minimum absolute atomic E-state index is 0.142. The molecule has 27 heavy (non-hydrogen) atoms. The molecule has 0 atom stereocenters. The topological polar surface area (TPSA) is 130 Å². The zero-order chi connectivity index (χ0) is 19.7. The summed E-state index contributed by atoms with van der Waals surface area (Å²) in [6.07, 6.45) is 1.11. The van der Waals surface area contributed by atoms with Crippen LogP contribution >= 0.6 is 15.9 Å². The maximum Gasteiger partial charge on any atom is 0.335 e. The normalized spacial score (nSPS) is 15.8. The van der Waals surface area contributed by atoms with Crippen LogP contribution in [0, 0.1) is 10.1 Å². The van der Waals surface area contributed by atoms with Crippen molar-refractivity contribution in [3.05, 3.63) is 68.2 Å². The van der Waals surface area contributed by atoms with E-state index in [-0.39, 0.29) is 16.8 Å². The summed E-state index contributed by atoms with van der Waals surface area (Å²) in [7, 11) is 0. The van der Waals surface area contributed by atoms with E-state index < -0.39 is 34.2 Å². The summed E-state index contributed by atoms with van der Waals surface area (Å²) >= 11 is 3.24. The van der Waals surface area contributed by atoms with Crippen molar-refractivity contribution in [2.45, 2.75) is 0 Å². The molecule has 136 valence electrons. The van der Waals surface area contributed by atoms with Crippen molar-refractivity contribution in [2.24, 2.45) is 0 Å². The van der Waals surface area contributed by atoms with Gasteiger partial charge in [-0.1, -0.05) is 22.0 Å². The van der Waals surface area contributed by atoms with Gasteiger partial charge in [0, 0.05) is 10.5 Å². The fraction of sp³-hybridized carbons (Fsp3) is 0. The Labute approximate surface area is 160 Å². The van der Waals surface area contributed by atoms with Crippen LogP contribution in [0.1, 0.15) is 5.56 Å². The number of nitrogens with zero attached hydrogens (tertiary/aromatic N) is 2. The van der Waals surface area contributed by atoms with Gasteiger partial charge in [0.25, 0.3) is 11.8 Å². The van der Waals surface area contributed by atoms with Crippen LogP contribution in [0.15, 0.2) is 52.5 Å². The van der Waals surface area contributed by atoms with Crippen molar-refractivity contribution >= 4 is 51.2 Å². The van der Waals surface area contributed by atoms with Gasteiger partial charge < -0.3 is 5.11 Å². The average molecular weight is 432 g/mol. The molecule has 10 heteroatoms. The van der Waals surface area contributed by atoms with E-state index in [1.165, 1.54) is 18.2 Å². The van der Waals surface area contributed by atoms with Gasteiger partial charge in [0.1, 0.15) is 5.57 Å². The van der Waals surface area contributed by atoms with E-state index in [4.69, 9.17) is 0 Å². The van der Waals surface area contributed by atoms with Gasteiger partial charge in [-0.3, -0.25) is 25.0 Å². The van der Waals surface area contributed by atoms with E-state index in [0.717, 1.165) is 27.6 Å². The van der Waals surface area contributed by atoms with Gasteiger partial charge in [-0.2, -0.15) is 0 Å². The number of nitro benzene ring substituents is 1. The third-order valence-corrected chi connectivity index (χ3v) is 4.22. The number of urea groups is 1. The van der Waals surface area contributed by atoms with Gasteiger partial charge in [-0.25, -0.2) is 9.69 Å². The van der Waals surface area contributed by atoms with E-state index in [1.54, 1.807) is 12.1 Å². The summed E-state index contributed by atoms with van der Waals surface area (Å²) in [4.78, 5) is 47.8. The molecule has 1 aliphatic heterocycles. The Morgan fingerprint density at radius 1 is 1.11 bits per heavy atom. The fourth-order valence-corrected chi connectivity index (χ4v) is 2.69. The van der Waals surface area contributed by atoms with Crippen LogP contribution in [0.2, 0.25) is 0 Å². The molecule has 9 nitrogen and oxygen atoms in total. The van der Waals surface area contributed by atoms with Gasteiger partial charge in [0.2, 0.25) is 0 Å². The van der Waals surface area contributed by atoms with Crippen LogP contribution in [0.4, 0.5) is 16.2 Å². The standard InChI is InChI=1S/C17H10BrN3O6/c18-10-2-4-11(5-3-10)20-16(24)12(15(23)19-17(20)25)7-9-1-6-14(22)13(8-9)21(26)27/h1-8,22H,(H,19,23,25)/b12-7+. The Kier molecular flexibility index (Phi) is 4.74. The first kappa shape index (κ1) is 18.3. The summed E-state index contributed by atoms with van der Waals surface area (Å²) in [6, 6.07) is 8.77. The van der Waals surface area contributed by atoms with Crippen LogP contribution in [-0.4, -0.2) is 27.9 Å². The summed E-state index contributed by atoms with van der Waals surface area (Å²) in [5, 5.41) is 22.5. The quantitative estimate of drug-likeness (QED) is 0.332. The van der Waals surface area contributed by atoms with E-state index in [1.807, 2.05) is 0 Å². The lowest BCUT2D eigenvalue weighted by molar-refractivity contribution is -0.385. The first-order valence-electron chi connectivity index (χ1n) is 7.42. The Balaban J connectivity index is 2.03. The minimum Gasteiger partial charge on any atom is -0.502 e. The Hall–Kier alpha value is -3.53. The van der Waals surface area contributed by atoms with Crippen LogP contribution in [-0.2, 0) is 9.59 Å². The first-order chi connectivity index (χ1) is 12.8. The predicted octanol–water partition coefficient (Wildman–Crippen LogP) is 2.73. The number of anilines is 1. The minimum atomic E-state index is -0.922. The molecule has 0 spiro atoms. The van der Waals surface area contributed by atoms with E-state index in [9.17, 15) is 29.6 Å². The van der Waals surface area contributed by atoms with E-state index in [2.05, 4.69) is 21.2 Å². The third-order valence-electron chi connectivity index (χ3n) is 3.69. The first-order valence-corrected chi connectivity index (χ1v) is 8.21.